The molecule has 2 aliphatic rings. The van der Waals surface area contributed by atoms with Gasteiger partial charge in [0.15, 0.2) is 0 Å². The molecule has 3 atom stereocenters. The molecule has 0 spiro atoms. The number of halogens is 8. The van der Waals surface area contributed by atoms with Gasteiger partial charge in [-0.2, -0.15) is 26.3 Å². The second kappa shape index (κ2) is 10.8. The van der Waals surface area contributed by atoms with Gasteiger partial charge >= 0.3 is 12.4 Å². The van der Waals surface area contributed by atoms with Crippen LogP contribution in [0.3, 0.4) is 0 Å². The van der Waals surface area contributed by atoms with Crippen molar-refractivity contribution in [2.75, 3.05) is 13.1 Å². The van der Waals surface area contributed by atoms with Gasteiger partial charge < -0.3 is 10.2 Å². The summed E-state index contributed by atoms with van der Waals surface area (Å²) in [7, 11) is 0. The summed E-state index contributed by atoms with van der Waals surface area (Å²) in [5.41, 5.74) is -1.53. The van der Waals surface area contributed by atoms with Crippen molar-refractivity contribution < 1.29 is 35.5 Å². The summed E-state index contributed by atoms with van der Waals surface area (Å²) in [5, 5.41) is 3.24. The van der Waals surface area contributed by atoms with Crippen LogP contribution in [0.2, 0.25) is 0 Å². The first-order chi connectivity index (χ1) is 16.8. The van der Waals surface area contributed by atoms with E-state index >= 15 is 0 Å². The van der Waals surface area contributed by atoms with Gasteiger partial charge in [-0.1, -0.05) is 6.07 Å². The zero-order valence-corrected chi connectivity index (χ0v) is 21.0. The number of amides is 1. The SMILES string of the molecule is Cc1cc(F)ccc1[C@@H]1CNCC[C@H]1C(=O)N(C1CC1)C(C)c1cc(C(F)(F)F)cc(C(F)(F)F)c1.Cl. The monoisotopic (exact) mass is 552 g/mol. The second-order valence-corrected chi connectivity index (χ2v) is 9.70. The number of benzene rings is 2. The van der Waals surface area contributed by atoms with Crippen LogP contribution in [0.15, 0.2) is 36.4 Å². The van der Waals surface area contributed by atoms with Crippen LogP contribution >= 0.6 is 12.4 Å². The van der Waals surface area contributed by atoms with E-state index in [1.54, 1.807) is 13.0 Å². The molecule has 0 aromatic heterocycles. The smallest absolute Gasteiger partial charge is 0.333 e. The predicted octanol–water partition coefficient (Wildman–Crippen LogP) is 7.04. The Hall–Kier alpha value is -2.33. The van der Waals surface area contributed by atoms with Gasteiger partial charge in [0.2, 0.25) is 5.91 Å². The Bertz CT molecular complexity index is 1100. The highest BCUT2D eigenvalue weighted by molar-refractivity contribution is 5.85. The molecule has 2 fully saturated rings. The van der Waals surface area contributed by atoms with Gasteiger partial charge in [-0.05, 0) is 86.7 Å². The number of carbonyl (C=O) groups excluding carboxylic acids is 1. The molecule has 1 amide bonds. The first-order valence-electron chi connectivity index (χ1n) is 11.9. The van der Waals surface area contributed by atoms with E-state index in [1.807, 2.05) is 0 Å². The molecule has 2 aromatic rings. The minimum atomic E-state index is -4.97. The van der Waals surface area contributed by atoms with E-state index in [0.29, 0.717) is 50.0 Å². The fraction of sp³-hybridized carbons (Fsp3) is 0.500. The molecular weight excluding hydrogens is 525 g/mol. The highest BCUT2D eigenvalue weighted by atomic mass is 35.5. The van der Waals surface area contributed by atoms with E-state index in [2.05, 4.69) is 5.32 Å². The number of hydrogen-bond acceptors (Lipinski definition) is 2. The van der Waals surface area contributed by atoms with Crippen molar-refractivity contribution in [1.82, 2.24) is 10.2 Å². The number of rotatable bonds is 5. The first-order valence-corrected chi connectivity index (χ1v) is 11.9. The Balaban J connectivity index is 0.00000380. The highest BCUT2D eigenvalue weighted by Gasteiger charge is 2.44. The third-order valence-electron chi connectivity index (χ3n) is 7.13. The summed E-state index contributed by atoms with van der Waals surface area (Å²) in [6, 6.07) is 4.60. The molecule has 1 aliphatic heterocycles. The average molecular weight is 553 g/mol. The largest absolute Gasteiger partial charge is 0.416 e. The van der Waals surface area contributed by atoms with Crippen LogP contribution in [0.4, 0.5) is 30.7 Å². The lowest BCUT2D eigenvalue weighted by Gasteiger charge is -2.39. The summed E-state index contributed by atoms with van der Waals surface area (Å²) in [6.45, 7) is 4.22. The first kappa shape index (κ1) is 29.2. The van der Waals surface area contributed by atoms with Crippen LogP contribution in [-0.2, 0) is 17.1 Å². The van der Waals surface area contributed by atoms with Crippen LogP contribution in [0, 0.1) is 18.7 Å². The predicted molar refractivity (Wildman–Crippen MR) is 127 cm³/mol. The molecule has 204 valence electrons. The standard InChI is InChI=1S/C26H27F7N2O.ClH/c1-14-9-19(27)3-6-21(14)23-13-34-8-7-22(23)24(36)35(20-4-5-20)15(2)16-10-17(25(28,29)30)12-18(11-16)26(31,32)33;/h3,6,9-12,15,20,22-23,34H,4-5,7-8,13H2,1-2H3;1H/t15?,22-,23+;/m1./s1. The maximum atomic E-state index is 13.9. The Kier molecular flexibility index (Phi) is 8.54. The summed E-state index contributed by atoms with van der Waals surface area (Å²) in [4.78, 5) is 15.4. The summed E-state index contributed by atoms with van der Waals surface area (Å²) in [5.74, 6) is -1.54. The summed E-state index contributed by atoms with van der Waals surface area (Å²) in [6.07, 6.45) is -8.22. The van der Waals surface area contributed by atoms with Gasteiger partial charge in [0.1, 0.15) is 5.82 Å². The van der Waals surface area contributed by atoms with Crippen molar-refractivity contribution in [3.8, 4) is 0 Å². The Morgan fingerprint density at radius 3 is 2.08 bits per heavy atom. The van der Waals surface area contributed by atoms with Crippen molar-refractivity contribution in [3.63, 3.8) is 0 Å². The van der Waals surface area contributed by atoms with E-state index in [1.165, 1.54) is 24.0 Å². The number of alkyl halides is 6. The van der Waals surface area contributed by atoms with Crippen molar-refractivity contribution in [2.45, 2.75) is 63.5 Å². The van der Waals surface area contributed by atoms with E-state index in [4.69, 9.17) is 0 Å². The van der Waals surface area contributed by atoms with Crippen molar-refractivity contribution in [2.24, 2.45) is 5.92 Å². The normalized spacial score (nSPS) is 21.2. The van der Waals surface area contributed by atoms with Gasteiger partial charge in [-0.3, -0.25) is 4.79 Å². The number of hydrogen-bond donors (Lipinski definition) is 1. The Labute approximate surface area is 216 Å². The van der Waals surface area contributed by atoms with Gasteiger partial charge in [0.05, 0.1) is 17.2 Å². The summed E-state index contributed by atoms with van der Waals surface area (Å²) >= 11 is 0. The maximum absolute atomic E-state index is 13.9. The number of piperidine rings is 1. The minimum Gasteiger partial charge on any atom is -0.333 e. The molecule has 4 rings (SSSR count). The van der Waals surface area contributed by atoms with Crippen LogP contribution in [0.5, 0.6) is 0 Å². The molecule has 1 N–H and O–H groups in total. The Morgan fingerprint density at radius 2 is 1.57 bits per heavy atom. The van der Waals surface area contributed by atoms with Crippen LogP contribution in [-0.4, -0.2) is 29.9 Å². The zero-order chi connectivity index (χ0) is 26.4. The van der Waals surface area contributed by atoms with E-state index < -0.39 is 41.3 Å². The maximum Gasteiger partial charge on any atom is 0.416 e. The molecule has 1 unspecified atom stereocenters. The summed E-state index contributed by atoms with van der Waals surface area (Å²) < 4.78 is 94.4. The molecule has 0 radical (unpaired) electrons. The average Bonchev–Trinajstić information content (AvgIpc) is 3.63. The molecule has 1 saturated heterocycles. The third-order valence-corrected chi connectivity index (χ3v) is 7.13. The quantitative estimate of drug-likeness (QED) is 0.404. The van der Waals surface area contributed by atoms with E-state index in [0.717, 1.165) is 5.56 Å². The number of aryl methyl sites for hydroxylation is 1. The highest BCUT2D eigenvalue weighted by Crippen LogP contribution is 2.43. The number of nitrogens with one attached hydrogen (secondary N) is 1. The molecule has 11 heteroatoms. The van der Waals surface area contributed by atoms with E-state index in [-0.39, 0.29) is 41.9 Å². The van der Waals surface area contributed by atoms with Gasteiger partial charge in [0, 0.05) is 24.4 Å². The number of carbonyl (C=O) groups is 1. The molecule has 37 heavy (non-hydrogen) atoms. The third kappa shape index (κ3) is 6.39. The molecular formula is C26H28ClF7N2O. The minimum absolute atomic E-state index is 0. The van der Waals surface area contributed by atoms with Crippen molar-refractivity contribution >= 4 is 18.3 Å². The van der Waals surface area contributed by atoms with Crippen LogP contribution in [0.25, 0.3) is 0 Å². The lowest BCUT2D eigenvalue weighted by atomic mass is 9.78. The second-order valence-electron chi connectivity index (χ2n) is 9.70. The molecule has 1 heterocycles. The lowest BCUT2D eigenvalue weighted by Crippen LogP contribution is -2.47. The van der Waals surface area contributed by atoms with Crippen LogP contribution in [0.1, 0.15) is 66.0 Å². The molecule has 3 nitrogen and oxygen atoms in total. The van der Waals surface area contributed by atoms with Gasteiger partial charge in [-0.25, -0.2) is 4.39 Å². The van der Waals surface area contributed by atoms with Crippen molar-refractivity contribution in [1.29, 1.82) is 0 Å². The van der Waals surface area contributed by atoms with Crippen molar-refractivity contribution in [3.05, 3.63) is 70.0 Å². The Morgan fingerprint density at radius 1 is 0.973 bits per heavy atom. The van der Waals surface area contributed by atoms with Crippen LogP contribution < -0.4 is 5.32 Å². The van der Waals surface area contributed by atoms with E-state index in [9.17, 15) is 35.5 Å². The fourth-order valence-corrected chi connectivity index (χ4v) is 5.15. The number of nitrogens with zero attached hydrogens (tertiary/aromatic N) is 1. The molecule has 0 bridgehead atoms. The molecule has 1 saturated carbocycles. The molecule has 2 aromatic carbocycles. The lowest BCUT2D eigenvalue weighted by molar-refractivity contribution is -0.143. The fourth-order valence-electron chi connectivity index (χ4n) is 5.15. The topological polar surface area (TPSA) is 32.3 Å². The molecule has 1 aliphatic carbocycles. The zero-order valence-electron chi connectivity index (χ0n) is 20.2. The van der Waals surface area contributed by atoms with Gasteiger partial charge in [0.25, 0.3) is 0 Å². The van der Waals surface area contributed by atoms with Gasteiger partial charge in [-0.15, -0.1) is 12.4 Å².